The first-order valence-corrected chi connectivity index (χ1v) is 8.19. The molecule has 0 aromatic heterocycles. The quantitative estimate of drug-likeness (QED) is 0.758. The van der Waals surface area contributed by atoms with Crippen molar-refractivity contribution in [3.05, 3.63) is 28.8 Å². The highest BCUT2D eigenvalue weighted by molar-refractivity contribution is 7.92. The van der Waals surface area contributed by atoms with Crippen molar-refractivity contribution in [1.82, 2.24) is 0 Å². The van der Waals surface area contributed by atoms with Crippen LogP contribution in [0.5, 0.6) is 0 Å². The van der Waals surface area contributed by atoms with Gasteiger partial charge in [0.2, 0.25) is 10.0 Å². The van der Waals surface area contributed by atoms with Gasteiger partial charge >= 0.3 is 12.1 Å². The first kappa shape index (κ1) is 18.6. The number of sulfonamides is 1. The molecule has 0 saturated carbocycles. The van der Waals surface area contributed by atoms with Gasteiger partial charge < -0.3 is 4.74 Å². The summed E-state index contributed by atoms with van der Waals surface area (Å²) in [6.07, 6.45) is -3.92. The van der Waals surface area contributed by atoms with Crippen molar-refractivity contribution in [3.8, 4) is 0 Å². The average Bonchev–Trinajstić information content (AvgIpc) is 2.34. The van der Waals surface area contributed by atoms with E-state index in [9.17, 15) is 26.4 Å². The van der Waals surface area contributed by atoms with Crippen LogP contribution >= 0.6 is 11.6 Å². The minimum atomic E-state index is -4.67. The van der Waals surface area contributed by atoms with Crippen molar-refractivity contribution < 1.29 is 31.1 Å². The molecule has 5 nitrogen and oxygen atoms in total. The molecule has 1 rings (SSSR count). The maximum atomic E-state index is 12.7. The largest absolute Gasteiger partial charge is 0.465 e. The highest BCUT2D eigenvalue weighted by atomic mass is 35.5. The van der Waals surface area contributed by atoms with Crippen LogP contribution < -0.4 is 4.31 Å². The second-order valence-electron chi connectivity index (χ2n) is 4.24. The second-order valence-corrected chi connectivity index (χ2v) is 6.55. The lowest BCUT2D eigenvalue weighted by molar-refractivity contribution is -0.141. The lowest BCUT2D eigenvalue weighted by Gasteiger charge is -2.23. The third kappa shape index (κ3) is 4.77. The molecule has 1 aromatic rings. The van der Waals surface area contributed by atoms with Crippen LogP contribution in [0.3, 0.4) is 0 Å². The van der Waals surface area contributed by atoms with Gasteiger partial charge in [0.1, 0.15) is 6.54 Å². The molecule has 124 valence electrons. The number of hydrogen-bond acceptors (Lipinski definition) is 4. The van der Waals surface area contributed by atoms with Gasteiger partial charge in [-0.05, 0) is 25.1 Å². The van der Waals surface area contributed by atoms with Gasteiger partial charge in [-0.15, -0.1) is 0 Å². The molecule has 1 aromatic carbocycles. The lowest BCUT2D eigenvalue weighted by atomic mass is 10.2. The molecule has 22 heavy (non-hydrogen) atoms. The number of esters is 1. The molecule has 0 radical (unpaired) electrons. The zero-order valence-corrected chi connectivity index (χ0v) is 13.2. The first-order valence-electron chi connectivity index (χ1n) is 5.97. The Balaban J connectivity index is 3.34. The third-order valence-corrected chi connectivity index (χ3v) is 3.97. The molecule has 0 N–H and O–H groups in total. The minimum Gasteiger partial charge on any atom is -0.465 e. The monoisotopic (exact) mass is 359 g/mol. The van der Waals surface area contributed by atoms with E-state index in [4.69, 9.17) is 11.6 Å². The molecule has 0 saturated heterocycles. The summed E-state index contributed by atoms with van der Waals surface area (Å²) in [7, 11) is -4.04. The van der Waals surface area contributed by atoms with Crippen LogP contribution in [0, 0.1) is 0 Å². The standard InChI is InChI=1S/C12H13ClF3NO4S/c1-3-21-11(18)7-17(22(2,19)20)10-6-8(12(14,15)16)4-5-9(10)13/h4-6H,3,7H2,1-2H3. The summed E-state index contributed by atoms with van der Waals surface area (Å²) in [5, 5.41) is -0.234. The maximum absolute atomic E-state index is 12.7. The summed E-state index contributed by atoms with van der Waals surface area (Å²) >= 11 is 5.78. The molecule has 0 aliphatic rings. The van der Waals surface area contributed by atoms with Gasteiger partial charge in [-0.1, -0.05) is 11.6 Å². The second kappa shape index (κ2) is 6.74. The number of benzene rings is 1. The van der Waals surface area contributed by atoms with Crippen LogP contribution in [0.4, 0.5) is 18.9 Å². The summed E-state index contributed by atoms with van der Waals surface area (Å²) in [4.78, 5) is 11.5. The number of hydrogen-bond donors (Lipinski definition) is 0. The third-order valence-electron chi connectivity index (χ3n) is 2.52. The van der Waals surface area contributed by atoms with E-state index >= 15 is 0 Å². The van der Waals surface area contributed by atoms with Gasteiger partial charge in [0.25, 0.3) is 0 Å². The van der Waals surface area contributed by atoms with Crippen molar-refractivity contribution in [2.75, 3.05) is 23.7 Å². The highest BCUT2D eigenvalue weighted by Crippen LogP contribution is 2.36. The summed E-state index contributed by atoms with van der Waals surface area (Å²) in [6.45, 7) is 0.750. The van der Waals surface area contributed by atoms with E-state index in [0.29, 0.717) is 10.4 Å². The molecule has 0 aliphatic carbocycles. The molecule has 0 unspecified atom stereocenters. The number of carbonyl (C=O) groups excluding carboxylic acids is 1. The Labute approximate surface area is 130 Å². The van der Waals surface area contributed by atoms with E-state index in [2.05, 4.69) is 4.74 Å². The topological polar surface area (TPSA) is 63.7 Å². The van der Waals surface area contributed by atoms with Crippen molar-refractivity contribution in [2.24, 2.45) is 0 Å². The van der Waals surface area contributed by atoms with Crippen LogP contribution in [0.25, 0.3) is 0 Å². The average molecular weight is 360 g/mol. The number of rotatable bonds is 5. The van der Waals surface area contributed by atoms with Gasteiger partial charge in [0.15, 0.2) is 0 Å². The fourth-order valence-electron chi connectivity index (χ4n) is 1.59. The van der Waals surface area contributed by atoms with Crippen molar-refractivity contribution in [1.29, 1.82) is 0 Å². The number of carbonyl (C=O) groups is 1. The Bertz CT molecular complexity index is 661. The van der Waals surface area contributed by atoms with E-state index in [1.807, 2.05) is 0 Å². The number of anilines is 1. The van der Waals surface area contributed by atoms with Crippen LogP contribution in [-0.2, 0) is 25.7 Å². The van der Waals surface area contributed by atoms with Gasteiger partial charge in [-0.2, -0.15) is 13.2 Å². The molecule has 0 amide bonds. The van der Waals surface area contributed by atoms with E-state index < -0.39 is 40.0 Å². The molecule has 0 spiro atoms. The van der Waals surface area contributed by atoms with Crippen LogP contribution in [0.15, 0.2) is 18.2 Å². The molecule has 0 heterocycles. The number of ether oxygens (including phenoxy) is 1. The molecule has 0 bridgehead atoms. The molecular weight excluding hydrogens is 347 g/mol. The Hall–Kier alpha value is -1.48. The van der Waals surface area contributed by atoms with Crippen LogP contribution in [0.2, 0.25) is 5.02 Å². The van der Waals surface area contributed by atoms with Crippen molar-refractivity contribution >= 4 is 33.3 Å². The fourth-order valence-corrected chi connectivity index (χ4v) is 2.70. The van der Waals surface area contributed by atoms with Gasteiger partial charge in [0, 0.05) is 0 Å². The predicted octanol–water partition coefficient (Wildman–Crippen LogP) is 2.69. The van der Waals surface area contributed by atoms with E-state index in [1.165, 1.54) is 6.92 Å². The van der Waals surface area contributed by atoms with E-state index in [0.717, 1.165) is 18.4 Å². The summed E-state index contributed by atoms with van der Waals surface area (Å²) in [5.74, 6) is -0.901. The minimum absolute atomic E-state index is 0.00670. The summed E-state index contributed by atoms with van der Waals surface area (Å²) < 4.78 is 66.8. The van der Waals surface area contributed by atoms with Crippen molar-refractivity contribution in [2.45, 2.75) is 13.1 Å². The molecular formula is C12H13ClF3NO4S. The SMILES string of the molecule is CCOC(=O)CN(c1cc(C(F)(F)F)ccc1Cl)S(C)(=O)=O. The van der Waals surface area contributed by atoms with Crippen molar-refractivity contribution in [3.63, 3.8) is 0 Å². The van der Waals surface area contributed by atoms with E-state index in [1.54, 1.807) is 0 Å². The molecule has 0 atom stereocenters. The Kier molecular flexibility index (Phi) is 5.69. The molecule has 0 aliphatic heterocycles. The number of nitrogens with zero attached hydrogens (tertiary/aromatic N) is 1. The van der Waals surface area contributed by atoms with Crippen LogP contribution in [0.1, 0.15) is 12.5 Å². The fraction of sp³-hybridized carbons (Fsp3) is 0.417. The molecule has 10 heteroatoms. The van der Waals surface area contributed by atoms with Gasteiger partial charge in [-0.3, -0.25) is 9.10 Å². The summed E-state index contributed by atoms with van der Waals surface area (Å²) in [5.41, 5.74) is -1.52. The smallest absolute Gasteiger partial charge is 0.416 e. The van der Waals surface area contributed by atoms with Crippen LogP contribution in [-0.4, -0.2) is 33.8 Å². The van der Waals surface area contributed by atoms with Gasteiger partial charge in [0.05, 0.1) is 29.1 Å². The van der Waals surface area contributed by atoms with E-state index in [-0.39, 0.29) is 11.6 Å². The summed E-state index contributed by atoms with van der Waals surface area (Å²) in [6, 6.07) is 2.21. The highest BCUT2D eigenvalue weighted by Gasteiger charge is 2.33. The lowest BCUT2D eigenvalue weighted by Crippen LogP contribution is -2.36. The number of halogens is 4. The zero-order chi connectivity index (χ0) is 17.1. The number of alkyl halides is 3. The Morgan fingerprint density at radius 3 is 2.41 bits per heavy atom. The zero-order valence-electron chi connectivity index (χ0n) is 11.6. The Morgan fingerprint density at radius 1 is 1.36 bits per heavy atom. The predicted molar refractivity (Wildman–Crippen MR) is 75.3 cm³/mol. The maximum Gasteiger partial charge on any atom is 0.416 e. The normalized spacial score (nSPS) is 12.1. The Morgan fingerprint density at radius 2 is 1.95 bits per heavy atom. The first-order chi connectivity index (χ1) is 9.96. The van der Waals surface area contributed by atoms with Gasteiger partial charge in [-0.25, -0.2) is 8.42 Å². The molecule has 0 fully saturated rings.